The lowest BCUT2D eigenvalue weighted by molar-refractivity contribution is -0.357. The summed E-state index contributed by atoms with van der Waals surface area (Å²) in [5.74, 6) is 0. The second-order valence-corrected chi connectivity index (χ2v) is 8.49. The quantitative estimate of drug-likeness (QED) is 0.154. The Balaban J connectivity index is 1.93. The largest absolute Gasteiger partial charge is 0.394 e. The van der Waals surface area contributed by atoms with Crippen LogP contribution < -0.4 is 0 Å². The topological polar surface area (TPSA) is 179 Å². The molecule has 0 amide bonds. The van der Waals surface area contributed by atoms with Crippen LogP contribution in [0.15, 0.2) is 0 Å². The van der Waals surface area contributed by atoms with Crippen molar-refractivity contribution in [2.24, 2.45) is 0 Å². The lowest BCUT2D eigenvalue weighted by Gasteiger charge is -2.46. The van der Waals surface area contributed by atoms with Crippen molar-refractivity contribution < 1.29 is 54.7 Å². The molecule has 0 unspecified atom stereocenters. The van der Waals surface area contributed by atoms with Gasteiger partial charge in [0.15, 0.2) is 12.6 Å². The maximum Gasteiger partial charge on any atom is 0.187 e. The summed E-state index contributed by atoms with van der Waals surface area (Å²) < 4.78 is 21.8. The minimum Gasteiger partial charge on any atom is -0.394 e. The molecule has 2 heterocycles. The average molecular weight is 469 g/mol. The zero-order valence-corrected chi connectivity index (χ0v) is 18.6. The summed E-state index contributed by atoms with van der Waals surface area (Å²) in [6.07, 6.45) is -6.58. The van der Waals surface area contributed by atoms with Gasteiger partial charge in [0, 0.05) is 6.61 Å². The van der Waals surface area contributed by atoms with E-state index in [0.717, 1.165) is 25.7 Å². The van der Waals surface area contributed by atoms with Crippen LogP contribution in [0.1, 0.15) is 51.9 Å². The van der Waals surface area contributed by atoms with Gasteiger partial charge in [0.2, 0.25) is 0 Å². The zero-order chi connectivity index (χ0) is 23.7. The Labute approximate surface area is 188 Å². The molecule has 0 aromatic carbocycles. The van der Waals surface area contributed by atoms with Gasteiger partial charge in [-0.15, -0.1) is 0 Å². The van der Waals surface area contributed by atoms with E-state index < -0.39 is 74.6 Å². The summed E-state index contributed by atoms with van der Waals surface area (Å²) in [4.78, 5) is 0. The van der Waals surface area contributed by atoms with Crippen molar-refractivity contribution in [3.8, 4) is 0 Å². The van der Waals surface area contributed by atoms with Crippen molar-refractivity contribution in [1.29, 1.82) is 0 Å². The average Bonchev–Trinajstić information content (AvgIpc) is 2.79. The highest BCUT2D eigenvalue weighted by atomic mass is 16.7. The summed E-state index contributed by atoms with van der Waals surface area (Å²) in [6, 6.07) is 0. The van der Waals surface area contributed by atoms with Gasteiger partial charge in [0.1, 0.15) is 48.8 Å². The molecule has 2 aliphatic heterocycles. The summed E-state index contributed by atoms with van der Waals surface area (Å²) in [6.45, 7) is 1.24. The standard InChI is InChI=1S/C21H40O11/c1-2-3-4-5-6-7-8-9-29-19-14(24)12(10-22)31-21(17(19)27)32-18-13(11-23)30-20(28)16(26)15(18)25/h12-28H,2-11H2,1H3/t12-,13-,14-,15-,16-,17-,18-,19+,20+,21-/m1/s1. The fourth-order valence-corrected chi connectivity index (χ4v) is 4.03. The number of hydrogen-bond donors (Lipinski definition) is 7. The molecule has 0 aromatic heterocycles. The van der Waals surface area contributed by atoms with Crippen LogP contribution in [0.25, 0.3) is 0 Å². The molecule has 0 radical (unpaired) electrons. The Morgan fingerprint density at radius 3 is 1.91 bits per heavy atom. The second-order valence-electron chi connectivity index (χ2n) is 8.49. The Hall–Kier alpha value is -0.440. The molecule has 190 valence electrons. The molecule has 2 saturated heterocycles. The summed E-state index contributed by atoms with van der Waals surface area (Å²) >= 11 is 0. The first-order chi connectivity index (χ1) is 15.3. The SMILES string of the molecule is CCCCCCCCCO[C@@H]1[C@@H](O)[C@@H](O[C@H]2[C@H](O)[C@@H](O)[C@@H](O)O[C@@H]2CO)O[C@H](CO)[C@H]1O. The van der Waals surface area contributed by atoms with Crippen LogP contribution >= 0.6 is 0 Å². The molecule has 0 saturated carbocycles. The van der Waals surface area contributed by atoms with Crippen molar-refractivity contribution >= 4 is 0 Å². The lowest BCUT2D eigenvalue weighted by atomic mass is 9.97. The Morgan fingerprint density at radius 1 is 0.656 bits per heavy atom. The first kappa shape index (κ1) is 27.8. The van der Waals surface area contributed by atoms with Gasteiger partial charge in [-0.05, 0) is 6.42 Å². The molecular formula is C21H40O11. The van der Waals surface area contributed by atoms with Crippen LogP contribution in [-0.4, -0.2) is 117 Å². The van der Waals surface area contributed by atoms with Crippen LogP contribution in [0, 0.1) is 0 Å². The third kappa shape index (κ3) is 7.28. The van der Waals surface area contributed by atoms with Crippen LogP contribution in [0.3, 0.4) is 0 Å². The zero-order valence-electron chi connectivity index (χ0n) is 18.6. The molecule has 2 rings (SSSR count). The highest BCUT2D eigenvalue weighted by molar-refractivity contribution is 4.94. The van der Waals surface area contributed by atoms with Gasteiger partial charge in [-0.3, -0.25) is 0 Å². The van der Waals surface area contributed by atoms with Crippen molar-refractivity contribution in [3.63, 3.8) is 0 Å². The van der Waals surface area contributed by atoms with E-state index in [0.29, 0.717) is 0 Å². The van der Waals surface area contributed by atoms with E-state index in [1.807, 2.05) is 0 Å². The van der Waals surface area contributed by atoms with Crippen molar-refractivity contribution in [2.75, 3.05) is 19.8 Å². The molecule has 7 N–H and O–H groups in total. The summed E-state index contributed by atoms with van der Waals surface area (Å²) in [5, 5.41) is 69.9. The number of rotatable bonds is 13. The van der Waals surface area contributed by atoms with E-state index in [4.69, 9.17) is 18.9 Å². The molecular weight excluding hydrogens is 428 g/mol. The summed E-state index contributed by atoms with van der Waals surface area (Å²) in [5.41, 5.74) is 0. The molecule has 0 bridgehead atoms. The van der Waals surface area contributed by atoms with Gasteiger partial charge in [-0.2, -0.15) is 0 Å². The van der Waals surface area contributed by atoms with Crippen LogP contribution in [-0.2, 0) is 18.9 Å². The highest BCUT2D eigenvalue weighted by Crippen LogP contribution is 2.29. The predicted molar refractivity (Wildman–Crippen MR) is 110 cm³/mol. The molecule has 11 nitrogen and oxygen atoms in total. The predicted octanol–water partition coefficient (Wildman–Crippen LogP) is -1.62. The maximum absolute atomic E-state index is 10.7. The number of hydrogen-bond acceptors (Lipinski definition) is 11. The molecule has 11 heteroatoms. The van der Waals surface area contributed by atoms with E-state index in [1.165, 1.54) is 19.3 Å². The Bertz CT molecular complexity index is 508. The van der Waals surface area contributed by atoms with Gasteiger partial charge in [-0.1, -0.05) is 45.4 Å². The maximum atomic E-state index is 10.7. The van der Waals surface area contributed by atoms with Gasteiger partial charge in [0.25, 0.3) is 0 Å². The molecule has 10 atom stereocenters. The monoisotopic (exact) mass is 468 g/mol. The fourth-order valence-electron chi connectivity index (χ4n) is 4.03. The third-order valence-corrected chi connectivity index (χ3v) is 6.01. The van der Waals surface area contributed by atoms with Crippen LogP contribution in [0.2, 0.25) is 0 Å². The molecule has 32 heavy (non-hydrogen) atoms. The first-order valence-corrected chi connectivity index (χ1v) is 11.6. The van der Waals surface area contributed by atoms with Gasteiger partial charge in [-0.25, -0.2) is 0 Å². The third-order valence-electron chi connectivity index (χ3n) is 6.01. The fraction of sp³-hybridized carbons (Fsp3) is 1.00. The van der Waals surface area contributed by atoms with Gasteiger partial charge < -0.3 is 54.7 Å². The van der Waals surface area contributed by atoms with Crippen molar-refractivity contribution in [3.05, 3.63) is 0 Å². The second kappa shape index (κ2) is 14.1. The number of ether oxygens (including phenoxy) is 4. The van der Waals surface area contributed by atoms with E-state index in [9.17, 15) is 35.7 Å². The number of aliphatic hydroxyl groups excluding tert-OH is 7. The van der Waals surface area contributed by atoms with E-state index in [1.54, 1.807) is 0 Å². The van der Waals surface area contributed by atoms with Crippen LogP contribution in [0.4, 0.5) is 0 Å². The molecule has 0 aliphatic carbocycles. The van der Waals surface area contributed by atoms with E-state index >= 15 is 0 Å². The summed E-state index contributed by atoms with van der Waals surface area (Å²) in [7, 11) is 0. The van der Waals surface area contributed by atoms with Crippen molar-refractivity contribution in [2.45, 2.75) is 113 Å². The molecule has 0 spiro atoms. The molecule has 2 fully saturated rings. The number of unbranched alkanes of at least 4 members (excludes halogenated alkanes) is 6. The normalized spacial score (nSPS) is 40.5. The smallest absolute Gasteiger partial charge is 0.187 e. The lowest BCUT2D eigenvalue weighted by Crippen LogP contribution is -2.64. The Kier molecular flexibility index (Phi) is 12.2. The van der Waals surface area contributed by atoms with E-state index in [-0.39, 0.29) is 6.61 Å². The first-order valence-electron chi connectivity index (χ1n) is 11.6. The molecule has 2 aliphatic rings. The minimum absolute atomic E-state index is 0.288. The van der Waals surface area contributed by atoms with E-state index in [2.05, 4.69) is 6.92 Å². The Morgan fingerprint density at radius 2 is 1.28 bits per heavy atom. The van der Waals surface area contributed by atoms with Crippen LogP contribution in [0.5, 0.6) is 0 Å². The van der Waals surface area contributed by atoms with Gasteiger partial charge in [0.05, 0.1) is 13.2 Å². The molecule has 0 aromatic rings. The van der Waals surface area contributed by atoms with Gasteiger partial charge >= 0.3 is 0 Å². The highest BCUT2D eigenvalue weighted by Gasteiger charge is 2.50. The number of aliphatic hydroxyl groups is 7. The minimum atomic E-state index is -1.72. The van der Waals surface area contributed by atoms with Crippen molar-refractivity contribution in [1.82, 2.24) is 0 Å².